The van der Waals surface area contributed by atoms with Gasteiger partial charge in [-0.05, 0) is 19.8 Å². The van der Waals surface area contributed by atoms with E-state index in [1.165, 1.54) is 11.3 Å². The molecule has 0 atom stereocenters. The Bertz CT molecular complexity index is 509. The zero-order valence-corrected chi connectivity index (χ0v) is 13.0. The largest absolute Gasteiger partial charge is 0.481 e. The summed E-state index contributed by atoms with van der Waals surface area (Å²) >= 11 is 1.53. The van der Waals surface area contributed by atoms with E-state index in [0.29, 0.717) is 19.4 Å². The summed E-state index contributed by atoms with van der Waals surface area (Å²) in [4.78, 5) is 28.4. The minimum Gasteiger partial charge on any atom is -0.481 e. The number of carbonyl (C=O) groups is 2. The van der Waals surface area contributed by atoms with Gasteiger partial charge in [0.15, 0.2) is 0 Å². The summed E-state index contributed by atoms with van der Waals surface area (Å²) in [5.74, 6) is -0.805. The molecule has 0 spiro atoms. The fourth-order valence-electron chi connectivity index (χ4n) is 2.66. The number of aryl methyl sites for hydroxylation is 1. The van der Waals surface area contributed by atoms with E-state index in [0.717, 1.165) is 29.1 Å². The van der Waals surface area contributed by atoms with Gasteiger partial charge < -0.3 is 15.7 Å². The van der Waals surface area contributed by atoms with E-state index in [9.17, 15) is 14.7 Å². The fraction of sp³-hybridized carbons (Fsp3) is 0.643. The van der Waals surface area contributed by atoms with Crippen LogP contribution >= 0.6 is 11.3 Å². The highest BCUT2D eigenvalue weighted by Crippen LogP contribution is 2.35. The molecule has 1 aliphatic carbocycles. The smallest absolute Gasteiger partial charge is 0.315 e. The van der Waals surface area contributed by atoms with Crippen LogP contribution in [0.15, 0.2) is 6.20 Å². The quantitative estimate of drug-likeness (QED) is 0.778. The molecule has 1 fully saturated rings. The summed E-state index contributed by atoms with van der Waals surface area (Å²) in [6.07, 6.45) is 5.91. The minimum absolute atomic E-state index is 0.190. The summed E-state index contributed by atoms with van der Waals surface area (Å²) in [6, 6.07) is -0.327. The van der Waals surface area contributed by atoms with Crippen molar-refractivity contribution >= 4 is 23.3 Å². The first kappa shape index (κ1) is 15.8. The molecule has 0 saturated heterocycles. The lowest BCUT2D eigenvalue weighted by atomic mass is 9.74. The average molecular weight is 311 g/mol. The molecule has 1 aliphatic rings. The molecule has 1 aromatic rings. The van der Waals surface area contributed by atoms with Gasteiger partial charge in [-0.2, -0.15) is 0 Å². The third-order valence-corrected chi connectivity index (χ3v) is 4.86. The maximum atomic E-state index is 11.8. The molecule has 7 heteroatoms. The maximum absolute atomic E-state index is 11.8. The van der Waals surface area contributed by atoms with Crippen LogP contribution in [0.1, 0.15) is 42.0 Å². The van der Waals surface area contributed by atoms with Crippen LogP contribution in [0.2, 0.25) is 0 Å². The second kappa shape index (κ2) is 6.89. The molecule has 1 aromatic heterocycles. The second-order valence-electron chi connectivity index (χ2n) is 5.53. The Morgan fingerprint density at radius 3 is 2.62 bits per heavy atom. The number of amides is 2. The van der Waals surface area contributed by atoms with Crippen molar-refractivity contribution in [1.29, 1.82) is 0 Å². The average Bonchev–Trinajstić information content (AvgIpc) is 2.89. The third kappa shape index (κ3) is 4.17. The number of hydrogen-bond acceptors (Lipinski definition) is 4. The zero-order chi connectivity index (χ0) is 15.3. The van der Waals surface area contributed by atoms with Gasteiger partial charge in [0.2, 0.25) is 0 Å². The summed E-state index contributed by atoms with van der Waals surface area (Å²) < 4.78 is 0. The van der Waals surface area contributed by atoms with Crippen molar-refractivity contribution in [2.75, 3.05) is 6.54 Å². The summed E-state index contributed by atoms with van der Waals surface area (Å²) in [5, 5.41) is 15.8. The molecule has 116 valence electrons. The maximum Gasteiger partial charge on any atom is 0.315 e. The molecular formula is C14H21N3O3S. The standard InChI is InChI=1S/C14H21N3O3S/c1-10-15-7-11(21-10)8-16-13(20)17-9-14(12(18)19)5-3-2-4-6-14/h7H,2-6,8-9H2,1H3,(H,18,19)(H2,16,17,20). The summed E-state index contributed by atoms with van der Waals surface area (Å²) in [7, 11) is 0. The van der Waals surface area contributed by atoms with Gasteiger partial charge >= 0.3 is 12.0 Å². The zero-order valence-electron chi connectivity index (χ0n) is 12.1. The molecule has 1 heterocycles. The molecular weight excluding hydrogens is 290 g/mol. The van der Waals surface area contributed by atoms with Gasteiger partial charge in [-0.3, -0.25) is 4.79 Å². The van der Waals surface area contributed by atoms with Gasteiger partial charge in [0, 0.05) is 17.6 Å². The van der Waals surface area contributed by atoms with E-state index in [1.54, 1.807) is 6.20 Å². The van der Waals surface area contributed by atoms with E-state index in [2.05, 4.69) is 15.6 Å². The van der Waals surface area contributed by atoms with Crippen LogP contribution < -0.4 is 10.6 Å². The van der Waals surface area contributed by atoms with Crippen LogP contribution in [0.3, 0.4) is 0 Å². The van der Waals surface area contributed by atoms with Crippen LogP contribution in [0, 0.1) is 12.3 Å². The van der Waals surface area contributed by atoms with Crippen molar-refractivity contribution in [2.24, 2.45) is 5.41 Å². The van der Waals surface area contributed by atoms with Crippen molar-refractivity contribution in [3.8, 4) is 0 Å². The van der Waals surface area contributed by atoms with Crippen molar-refractivity contribution in [1.82, 2.24) is 15.6 Å². The Hall–Kier alpha value is -1.63. The van der Waals surface area contributed by atoms with Crippen LogP contribution in [-0.2, 0) is 11.3 Å². The number of aliphatic carboxylic acids is 1. The summed E-state index contributed by atoms with van der Waals surface area (Å²) in [5.41, 5.74) is -0.795. The highest BCUT2D eigenvalue weighted by Gasteiger charge is 2.39. The van der Waals surface area contributed by atoms with E-state index < -0.39 is 11.4 Å². The second-order valence-corrected chi connectivity index (χ2v) is 6.85. The Kier molecular flexibility index (Phi) is 5.17. The molecule has 6 nitrogen and oxygen atoms in total. The molecule has 1 saturated carbocycles. The number of carboxylic acids is 1. The van der Waals surface area contributed by atoms with Crippen LogP contribution in [-0.4, -0.2) is 28.6 Å². The number of nitrogens with zero attached hydrogens (tertiary/aromatic N) is 1. The Morgan fingerprint density at radius 1 is 1.33 bits per heavy atom. The first-order valence-corrected chi connectivity index (χ1v) is 8.00. The minimum atomic E-state index is -0.805. The number of thiazole rings is 1. The Morgan fingerprint density at radius 2 is 2.05 bits per heavy atom. The number of carboxylic acid groups (broad SMARTS) is 1. The highest BCUT2D eigenvalue weighted by molar-refractivity contribution is 7.11. The van der Waals surface area contributed by atoms with Gasteiger partial charge in [-0.15, -0.1) is 11.3 Å². The van der Waals surface area contributed by atoms with Crippen molar-refractivity contribution in [2.45, 2.75) is 45.6 Å². The predicted molar refractivity (Wildman–Crippen MR) is 80.2 cm³/mol. The monoisotopic (exact) mass is 311 g/mol. The molecule has 0 bridgehead atoms. The third-order valence-electron chi connectivity index (χ3n) is 3.94. The molecule has 2 rings (SSSR count). The number of urea groups is 1. The number of rotatable bonds is 5. The highest BCUT2D eigenvalue weighted by atomic mass is 32.1. The number of carbonyl (C=O) groups excluding carboxylic acids is 1. The van der Waals surface area contributed by atoms with Crippen molar-refractivity contribution in [3.05, 3.63) is 16.1 Å². The van der Waals surface area contributed by atoms with Crippen LogP contribution in [0.5, 0.6) is 0 Å². The topological polar surface area (TPSA) is 91.3 Å². The number of hydrogen-bond donors (Lipinski definition) is 3. The lowest BCUT2D eigenvalue weighted by molar-refractivity contribution is -0.150. The van der Waals surface area contributed by atoms with Crippen LogP contribution in [0.4, 0.5) is 4.79 Å². The van der Waals surface area contributed by atoms with Gasteiger partial charge in [0.25, 0.3) is 0 Å². The molecule has 0 aliphatic heterocycles. The molecule has 0 unspecified atom stereocenters. The van der Waals surface area contributed by atoms with Gasteiger partial charge in [-0.25, -0.2) is 9.78 Å². The SMILES string of the molecule is Cc1ncc(CNC(=O)NCC2(C(=O)O)CCCCC2)s1. The van der Waals surface area contributed by atoms with E-state index in [1.807, 2.05) is 6.92 Å². The molecule has 0 aromatic carbocycles. The fourth-order valence-corrected chi connectivity index (χ4v) is 3.40. The van der Waals surface area contributed by atoms with Crippen molar-refractivity contribution < 1.29 is 14.7 Å². The lowest BCUT2D eigenvalue weighted by Crippen LogP contribution is -2.47. The van der Waals surface area contributed by atoms with Crippen molar-refractivity contribution in [3.63, 3.8) is 0 Å². The molecule has 3 N–H and O–H groups in total. The summed E-state index contributed by atoms with van der Waals surface area (Å²) in [6.45, 7) is 2.52. The Balaban J connectivity index is 1.80. The lowest BCUT2D eigenvalue weighted by Gasteiger charge is -2.33. The molecule has 0 radical (unpaired) electrons. The first-order chi connectivity index (χ1) is 10.0. The van der Waals surface area contributed by atoms with Gasteiger partial charge in [-0.1, -0.05) is 19.3 Å². The van der Waals surface area contributed by atoms with Gasteiger partial charge in [0.1, 0.15) is 0 Å². The van der Waals surface area contributed by atoms with E-state index in [4.69, 9.17) is 0 Å². The van der Waals surface area contributed by atoms with Crippen LogP contribution in [0.25, 0.3) is 0 Å². The first-order valence-electron chi connectivity index (χ1n) is 7.18. The van der Waals surface area contributed by atoms with Gasteiger partial charge in [0.05, 0.1) is 17.0 Å². The normalized spacial score (nSPS) is 17.2. The molecule has 21 heavy (non-hydrogen) atoms. The van der Waals surface area contributed by atoms with E-state index >= 15 is 0 Å². The predicted octanol–water partition coefficient (Wildman–Crippen LogP) is 2.29. The Labute approximate surface area is 128 Å². The number of nitrogens with one attached hydrogen (secondary N) is 2. The van der Waals surface area contributed by atoms with E-state index in [-0.39, 0.29) is 12.6 Å². The number of aromatic nitrogens is 1. The molecule has 2 amide bonds.